The topological polar surface area (TPSA) is 158 Å². The minimum absolute atomic E-state index is 0.00330. The summed E-state index contributed by atoms with van der Waals surface area (Å²) < 4.78 is 5.46. The van der Waals surface area contributed by atoms with Crippen LogP contribution >= 0.6 is 0 Å². The fourth-order valence-corrected chi connectivity index (χ4v) is 6.32. The van der Waals surface area contributed by atoms with Crippen molar-refractivity contribution in [3.63, 3.8) is 0 Å². The lowest BCUT2D eigenvalue weighted by atomic mass is 9.94. The van der Waals surface area contributed by atoms with Crippen molar-refractivity contribution in [3.05, 3.63) is 179 Å². The molecule has 0 aromatic heterocycles. The van der Waals surface area contributed by atoms with Crippen LogP contribution in [0.25, 0.3) is 0 Å². The molecular weight excluding hydrogens is 719 g/mol. The van der Waals surface area contributed by atoms with Gasteiger partial charge in [0, 0.05) is 13.1 Å². The summed E-state index contributed by atoms with van der Waals surface area (Å²) >= 11 is 0. The Kier molecular flexibility index (Phi) is 15.9. The summed E-state index contributed by atoms with van der Waals surface area (Å²) in [6, 6.07) is 41.5. The number of carbonyl (C=O) groups is 4. The van der Waals surface area contributed by atoms with Gasteiger partial charge in [0.2, 0.25) is 17.7 Å². The van der Waals surface area contributed by atoms with Gasteiger partial charge in [-0.3, -0.25) is 19.7 Å². The standard InChI is InChI=1S/C46H51N5O6/c1-32(2)39(43(53)48-30-35-22-12-5-13-23-35)50-45(55)41(47-29-34-20-10-4-11-21-34)42(52)38(28-33-18-8-3-9-19-33)49-44(54)40(37-26-16-7-17-27-37)51-46(56)57-31-36-24-14-6-15-25-36/h3-27,32,38-42,47,52H,28-31H2,1-2H3,(H,48,53)(H,49,54)(H,50,55)(H,51,56)/t38-,39-,40-,41+,42+/m0/s1. The van der Waals surface area contributed by atoms with Crippen molar-refractivity contribution >= 4 is 23.8 Å². The van der Waals surface area contributed by atoms with Crippen LogP contribution in [0.5, 0.6) is 0 Å². The summed E-state index contributed by atoms with van der Waals surface area (Å²) in [5, 5.41) is 26.9. The van der Waals surface area contributed by atoms with Crippen molar-refractivity contribution in [3.8, 4) is 0 Å². The Hall–Kier alpha value is -6.30. The van der Waals surface area contributed by atoms with Crippen LogP contribution in [0.2, 0.25) is 0 Å². The molecule has 0 radical (unpaired) electrons. The van der Waals surface area contributed by atoms with E-state index in [4.69, 9.17) is 4.74 Å². The smallest absolute Gasteiger partial charge is 0.408 e. The molecule has 0 saturated carbocycles. The van der Waals surface area contributed by atoms with Gasteiger partial charge in [-0.25, -0.2) is 4.79 Å². The van der Waals surface area contributed by atoms with Crippen LogP contribution in [0.4, 0.5) is 4.79 Å². The van der Waals surface area contributed by atoms with Crippen molar-refractivity contribution < 1.29 is 29.0 Å². The van der Waals surface area contributed by atoms with Crippen molar-refractivity contribution in [2.45, 2.75) is 70.2 Å². The second-order valence-electron chi connectivity index (χ2n) is 14.1. The highest BCUT2D eigenvalue weighted by Gasteiger charge is 2.37. The maximum Gasteiger partial charge on any atom is 0.408 e. The van der Waals surface area contributed by atoms with Crippen LogP contribution < -0.4 is 26.6 Å². The summed E-state index contributed by atoms with van der Waals surface area (Å²) in [6.07, 6.45) is -2.19. The van der Waals surface area contributed by atoms with E-state index >= 15 is 0 Å². The average molecular weight is 770 g/mol. The first-order valence-corrected chi connectivity index (χ1v) is 19.1. The van der Waals surface area contributed by atoms with Crippen molar-refractivity contribution in [2.75, 3.05) is 0 Å². The number of amides is 4. The minimum Gasteiger partial charge on any atom is -0.445 e. The second-order valence-corrected chi connectivity index (χ2v) is 14.1. The number of carbonyl (C=O) groups excluding carboxylic acids is 4. The number of alkyl carbamates (subject to hydrolysis) is 1. The number of hydrogen-bond acceptors (Lipinski definition) is 7. The Balaban J connectivity index is 1.40. The van der Waals surface area contributed by atoms with Crippen LogP contribution in [0.3, 0.4) is 0 Å². The molecule has 296 valence electrons. The fourth-order valence-electron chi connectivity index (χ4n) is 6.32. The molecule has 0 unspecified atom stereocenters. The molecule has 0 bridgehead atoms. The molecule has 0 aliphatic rings. The first kappa shape index (κ1) is 41.9. The van der Waals surface area contributed by atoms with Crippen LogP contribution in [0.1, 0.15) is 47.7 Å². The zero-order chi connectivity index (χ0) is 40.4. The van der Waals surface area contributed by atoms with Gasteiger partial charge in [-0.2, -0.15) is 0 Å². The van der Waals surface area contributed by atoms with E-state index < -0.39 is 48.2 Å². The number of aliphatic hydroxyl groups is 1. The Morgan fingerprint density at radius 2 is 1.04 bits per heavy atom. The monoisotopic (exact) mass is 769 g/mol. The molecule has 5 rings (SSSR count). The summed E-state index contributed by atoms with van der Waals surface area (Å²) in [5.74, 6) is -1.92. The number of benzene rings is 5. The molecule has 57 heavy (non-hydrogen) atoms. The van der Waals surface area contributed by atoms with Crippen molar-refractivity contribution in [1.82, 2.24) is 26.6 Å². The molecule has 0 heterocycles. The van der Waals surface area contributed by atoms with E-state index in [-0.39, 0.29) is 37.9 Å². The summed E-state index contributed by atoms with van der Waals surface area (Å²) in [5.41, 5.74) is 3.81. The highest BCUT2D eigenvalue weighted by Crippen LogP contribution is 2.18. The van der Waals surface area contributed by atoms with Gasteiger partial charge >= 0.3 is 6.09 Å². The predicted molar refractivity (Wildman–Crippen MR) is 219 cm³/mol. The highest BCUT2D eigenvalue weighted by atomic mass is 16.5. The van der Waals surface area contributed by atoms with E-state index in [2.05, 4.69) is 26.6 Å². The summed E-state index contributed by atoms with van der Waals surface area (Å²) in [4.78, 5) is 55.3. The van der Waals surface area contributed by atoms with E-state index in [0.717, 1.165) is 22.3 Å². The molecule has 5 aromatic rings. The van der Waals surface area contributed by atoms with Gasteiger partial charge in [-0.05, 0) is 40.2 Å². The van der Waals surface area contributed by atoms with Crippen LogP contribution in [0, 0.1) is 5.92 Å². The molecule has 5 atom stereocenters. The molecule has 11 nitrogen and oxygen atoms in total. The third-order valence-electron chi connectivity index (χ3n) is 9.46. The molecule has 0 spiro atoms. The van der Waals surface area contributed by atoms with E-state index in [1.165, 1.54) is 0 Å². The second kappa shape index (κ2) is 21.7. The Labute approximate surface area is 334 Å². The maximum atomic E-state index is 14.3. The van der Waals surface area contributed by atoms with Crippen LogP contribution in [-0.2, 0) is 45.2 Å². The number of rotatable bonds is 19. The number of hydrogen-bond donors (Lipinski definition) is 6. The van der Waals surface area contributed by atoms with Crippen LogP contribution in [-0.4, -0.2) is 53.2 Å². The maximum absolute atomic E-state index is 14.3. The first-order valence-electron chi connectivity index (χ1n) is 19.1. The molecule has 11 heteroatoms. The Morgan fingerprint density at radius 3 is 1.58 bits per heavy atom. The summed E-state index contributed by atoms with van der Waals surface area (Å²) in [7, 11) is 0. The van der Waals surface area contributed by atoms with Gasteiger partial charge in [0.25, 0.3) is 0 Å². The lowest BCUT2D eigenvalue weighted by Crippen LogP contribution is -2.62. The van der Waals surface area contributed by atoms with Gasteiger partial charge in [0.1, 0.15) is 24.7 Å². The minimum atomic E-state index is -1.51. The number of aliphatic hydroxyl groups excluding tert-OH is 1. The van der Waals surface area contributed by atoms with Gasteiger partial charge in [0.15, 0.2) is 0 Å². The zero-order valence-electron chi connectivity index (χ0n) is 32.2. The van der Waals surface area contributed by atoms with Crippen LogP contribution in [0.15, 0.2) is 152 Å². The van der Waals surface area contributed by atoms with Gasteiger partial charge < -0.3 is 31.1 Å². The van der Waals surface area contributed by atoms with E-state index in [1.54, 1.807) is 30.3 Å². The largest absolute Gasteiger partial charge is 0.445 e. The van der Waals surface area contributed by atoms with Crippen molar-refractivity contribution in [2.24, 2.45) is 5.92 Å². The molecule has 0 aliphatic carbocycles. The normalized spacial score (nSPS) is 13.6. The lowest BCUT2D eigenvalue weighted by Gasteiger charge is -2.33. The molecule has 4 amide bonds. The van der Waals surface area contributed by atoms with Gasteiger partial charge in [0.05, 0.1) is 12.1 Å². The van der Waals surface area contributed by atoms with Gasteiger partial charge in [-0.1, -0.05) is 166 Å². The average Bonchev–Trinajstić information content (AvgIpc) is 3.24. The Bertz CT molecular complexity index is 1990. The van der Waals surface area contributed by atoms with Crippen molar-refractivity contribution in [1.29, 1.82) is 0 Å². The summed E-state index contributed by atoms with van der Waals surface area (Å²) in [6.45, 7) is 4.14. The van der Waals surface area contributed by atoms with E-state index in [1.807, 2.05) is 135 Å². The van der Waals surface area contributed by atoms with E-state index in [9.17, 15) is 24.3 Å². The highest BCUT2D eigenvalue weighted by molar-refractivity contribution is 5.91. The zero-order valence-corrected chi connectivity index (χ0v) is 32.2. The number of ether oxygens (including phenoxy) is 1. The molecule has 0 saturated heterocycles. The van der Waals surface area contributed by atoms with E-state index in [0.29, 0.717) is 5.56 Å². The third-order valence-corrected chi connectivity index (χ3v) is 9.46. The SMILES string of the molecule is CC(C)[C@H](NC(=O)[C@H](NCc1ccccc1)[C@H](O)[C@H](Cc1ccccc1)NC(=O)[C@@H](NC(=O)OCc1ccccc1)c1ccccc1)C(=O)NCc1ccccc1. The van der Waals surface area contributed by atoms with Gasteiger partial charge in [-0.15, -0.1) is 0 Å². The molecule has 6 N–H and O–H groups in total. The fraction of sp³-hybridized carbons (Fsp3) is 0.261. The molecule has 0 aliphatic heterocycles. The Morgan fingerprint density at radius 1 is 0.544 bits per heavy atom. The first-order chi connectivity index (χ1) is 27.7. The number of nitrogens with one attached hydrogen (secondary N) is 5. The third kappa shape index (κ3) is 13.2. The lowest BCUT2D eigenvalue weighted by molar-refractivity contribution is -0.133. The quantitative estimate of drug-likeness (QED) is 0.0661. The molecular formula is C46H51N5O6. The molecule has 0 fully saturated rings. The molecule has 5 aromatic carbocycles. The predicted octanol–water partition coefficient (Wildman–Crippen LogP) is 5.36.